The van der Waals surface area contributed by atoms with E-state index in [1.807, 2.05) is 66.9 Å². The molecule has 158 valence electrons. The second-order valence-corrected chi connectivity index (χ2v) is 7.39. The number of hydrogen-bond acceptors (Lipinski definition) is 6. The first kappa shape index (κ1) is 19.6. The van der Waals surface area contributed by atoms with Crippen LogP contribution in [-0.2, 0) is 13.1 Å². The first-order chi connectivity index (χ1) is 15.7. The van der Waals surface area contributed by atoms with Crippen LogP contribution in [0.25, 0.3) is 22.2 Å². The van der Waals surface area contributed by atoms with Gasteiger partial charge < -0.3 is 4.74 Å². The maximum atomic E-state index is 13.1. The molecule has 0 unspecified atom stereocenters. The van der Waals surface area contributed by atoms with E-state index in [1.54, 1.807) is 18.0 Å². The molecule has 0 saturated carbocycles. The Morgan fingerprint density at radius 1 is 0.938 bits per heavy atom. The lowest BCUT2D eigenvalue weighted by atomic mass is 10.1. The summed E-state index contributed by atoms with van der Waals surface area (Å²) >= 11 is 0. The molecule has 2 aromatic carbocycles. The Labute approximate surface area is 183 Å². The normalized spacial score (nSPS) is 11.0. The molecule has 0 radical (unpaired) electrons. The molecule has 0 aliphatic rings. The zero-order chi connectivity index (χ0) is 21.9. The van der Waals surface area contributed by atoms with Crippen molar-refractivity contribution in [3.63, 3.8) is 0 Å². The average molecular weight is 424 g/mol. The van der Waals surface area contributed by atoms with Crippen molar-refractivity contribution in [1.82, 2.24) is 29.5 Å². The van der Waals surface area contributed by atoms with Gasteiger partial charge >= 0.3 is 0 Å². The standard InChI is InChI=1S/C24H20N6O2/c1-32-21-9-7-18(8-10-21)19-11-22-23(25-12-19)26-16-29(24(22)31)14-20-15-30(28-27-20)13-17-5-3-2-4-6-17/h2-12,15-16H,13-14H2,1H3. The number of pyridine rings is 1. The topological polar surface area (TPSA) is 87.7 Å². The van der Waals surface area contributed by atoms with Crippen molar-refractivity contribution in [1.29, 1.82) is 0 Å². The molecular weight excluding hydrogens is 404 g/mol. The summed E-state index contributed by atoms with van der Waals surface area (Å²) in [5, 5.41) is 8.84. The Balaban J connectivity index is 1.42. The summed E-state index contributed by atoms with van der Waals surface area (Å²) in [5.74, 6) is 0.770. The fourth-order valence-corrected chi connectivity index (χ4v) is 3.54. The minimum Gasteiger partial charge on any atom is -0.497 e. The predicted molar refractivity (Wildman–Crippen MR) is 120 cm³/mol. The Hall–Kier alpha value is -4.33. The first-order valence-electron chi connectivity index (χ1n) is 10.1. The van der Waals surface area contributed by atoms with Crippen LogP contribution in [0.15, 0.2) is 84.2 Å². The molecule has 0 fully saturated rings. The highest BCUT2D eigenvalue weighted by atomic mass is 16.5. The molecule has 0 N–H and O–H groups in total. The second-order valence-electron chi connectivity index (χ2n) is 7.39. The number of ether oxygens (including phenoxy) is 1. The van der Waals surface area contributed by atoms with Crippen molar-refractivity contribution < 1.29 is 4.74 Å². The fourth-order valence-electron chi connectivity index (χ4n) is 3.54. The quantitative estimate of drug-likeness (QED) is 0.416. The van der Waals surface area contributed by atoms with Gasteiger partial charge in [0.1, 0.15) is 17.8 Å². The van der Waals surface area contributed by atoms with E-state index in [0.29, 0.717) is 23.3 Å². The van der Waals surface area contributed by atoms with Crippen LogP contribution in [0.1, 0.15) is 11.3 Å². The molecule has 3 heterocycles. The maximum absolute atomic E-state index is 13.1. The predicted octanol–water partition coefficient (Wildman–Crippen LogP) is 3.16. The van der Waals surface area contributed by atoms with Gasteiger partial charge in [0, 0.05) is 11.8 Å². The third kappa shape index (κ3) is 3.98. The molecule has 8 heteroatoms. The summed E-state index contributed by atoms with van der Waals surface area (Å²) in [5.41, 5.74) is 3.84. The highest BCUT2D eigenvalue weighted by molar-refractivity contribution is 5.80. The average Bonchev–Trinajstić information content (AvgIpc) is 3.28. The smallest absolute Gasteiger partial charge is 0.263 e. The number of rotatable bonds is 6. The van der Waals surface area contributed by atoms with Gasteiger partial charge in [-0.3, -0.25) is 9.36 Å². The van der Waals surface area contributed by atoms with Crippen LogP contribution in [0.3, 0.4) is 0 Å². The van der Waals surface area contributed by atoms with Gasteiger partial charge in [-0.05, 0) is 29.3 Å². The number of aromatic nitrogens is 6. The summed E-state index contributed by atoms with van der Waals surface area (Å²) in [4.78, 5) is 21.8. The van der Waals surface area contributed by atoms with Gasteiger partial charge in [0.05, 0.1) is 31.8 Å². The first-order valence-corrected chi connectivity index (χ1v) is 10.1. The van der Waals surface area contributed by atoms with E-state index in [4.69, 9.17) is 4.74 Å². The second kappa shape index (κ2) is 8.43. The fraction of sp³-hybridized carbons (Fsp3) is 0.125. The third-order valence-corrected chi connectivity index (χ3v) is 5.21. The van der Waals surface area contributed by atoms with Crippen molar-refractivity contribution in [2.75, 3.05) is 7.11 Å². The minimum absolute atomic E-state index is 0.171. The van der Waals surface area contributed by atoms with E-state index in [1.165, 1.54) is 10.9 Å². The number of benzene rings is 2. The Bertz CT molecular complexity index is 1420. The van der Waals surface area contributed by atoms with Crippen LogP contribution < -0.4 is 10.3 Å². The van der Waals surface area contributed by atoms with Crippen molar-refractivity contribution in [2.24, 2.45) is 0 Å². The third-order valence-electron chi connectivity index (χ3n) is 5.21. The lowest BCUT2D eigenvalue weighted by Gasteiger charge is -2.07. The van der Waals surface area contributed by atoms with E-state index >= 15 is 0 Å². The highest BCUT2D eigenvalue weighted by Crippen LogP contribution is 2.23. The molecular formula is C24H20N6O2. The molecule has 5 aromatic rings. The van der Waals surface area contributed by atoms with E-state index in [2.05, 4.69) is 20.3 Å². The molecule has 0 bridgehead atoms. The molecule has 0 amide bonds. The maximum Gasteiger partial charge on any atom is 0.263 e. The van der Waals surface area contributed by atoms with Crippen LogP contribution in [-0.4, -0.2) is 36.6 Å². The van der Waals surface area contributed by atoms with E-state index in [0.717, 1.165) is 22.4 Å². The van der Waals surface area contributed by atoms with Gasteiger partial charge in [0.15, 0.2) is 5.65 Å². The molecule has 0 saturated heterocycles. The monoisotopic (exact) mass is 424 g/mol. The molecule has 0 aliphatic heterocycles. The van der Waals surface area contributed by atoms with Crippen LogP contribution in [0.4, 0.5) is 0 Å². The van der Waals surface area contributed by atoms with Crippen LogP contribution in [0.5, 0.6) is 5.75 Å². The van der Waals surface area contributed by atoms with E-state index in [9.17, 15) is 4.79 Å². The number of hydrogen-bond donors (Lipinski definition) is 0. The van der Waals surface area contributed by atoms with Crippen LogP contribution in [0.2, 0.25) is 0 Å². The van der Waals surface area contributed by atoms with Gasteiger partial charge in [-0.25, -0.2) is 14.6 Å². The summed E-state index contributed by atoms with van der Waals surface area (Å²) in [6.07, 6.45) is 5.06. The van der Waals surface area contributed by atoms with Crippen LogP contribution in [0, 0.1) is 0 Å². The number of methoxy groups -OCH3 is 1. The summed E-state index contributed by atoms with van der Waals surface area (Å²) < 4.78 is 8.49. The van der Waals surface area contributed by atoms with Crippen LogP contribution >= 0.6 is 0 Å². The summed E-state index contributed by atoms with van der Waals surface area (Å²) in [6, 6.07) is 19.5. The van der Waals surface area contributed by atoms with Crippen molar-refractivity contribution in [2.45, 2.75) is 13.1 Å². The lowest BCUT2D eigenvalue weighted by Crippen LogP contribution is -2.21. The molecule has 0 atom stereocenters. The zero-order valence-corrected chi connectivity index (χ0v) is 17.4. The van der Waals surface area contributed by atoms with Gasteiger partial charge in [-0.2, -0.15) is 0 Å². The van der Waals surface area contributed by atoms with Gasteiger partial charge in [-0.1, -0.05) is 47.7 Å². The van der Waals surface area contributed by atoms with Gasteiger partial charge in [0.2, 0.25) is 0 Å². The molecule has 8 nitrogen and oxygen atoms in total. The molecule has 3 aromatic heterocycles. The van der Waals surface area contributed by atoms with Gasteiger partial charge in [0.25, 0.3) is 5.56 Å². The zero-order valence-electron chi connectivity index (χ0n) is 17.4. The molecule has 0 spiro atoms. The molecule has 0 aliphatic carbocycles. The summed E-state index contributed by atoms with van der Waals surface area (Å²) in [7, 11) is 1.63. The largest absolute Gasteiger partial charge is 0.497 e. The minimum atomic E-state index is -0.171. The van der Waals surface area contributed by atoms with Gasteiger partial charge in [-0.15, -0.1) is 5.10 Å². The highest BCUT2D eigenvalue weighted by Gasteiger charge is 2.10. The molecule has 32 heavy (non-hydrogen) atoms. The Morgan fingerprint density at radius 2 is 1.75 bits per heavy atom. The lowest BCUT2D eigenvalue weighted by molar-refractivity contribution is 0.415. The Morgan fingerprint density at radius 3 is 2.53 bits per heavy atom. The van der Waals surface area contributed by atoms with Crippen molar-refractivity contribution >= 4 is 11.0 Å². The molecule has 5 rings (SSSR count). The van der Waals surface area contributed by atoms with Crippen molar-refractivity contribution in [3.8, 4) is 16.9 Å². The summed E-state index contributed by atoms with van der Waals surface area (Å²) in [6.45, 7) is 0.900. The Kier molecular flexibility index (Phi) is 5.17. The van der Waals surface area contributed by atoms with E-state index < -0.39 is 0 Å². The van der Waals surface area contributed by atoms with Crippen molar-refractivity contribution in [3.05, 3.63) is 101 Å². The number of nitrogens with zero attached hydrogens (tertiary/aromatic N) is 6. The van der Waals surface area contributed by atoms with E-state index in [-0.39, 0.29) is 12.1 Å². The number of fused-ring (bicyclic) bond motifs is 1. The SMILES string of the molecule is COc1ccc(-c2cnc3ncn(Cc4cn(Cc5ccccc5)nn4)c(=O)c3c2)cc1.